The molecule has 0 unspecified atom stereocenters. The third kappa shape index (κ3) is 3.83. The van der Waals surface area contributed by atoms with Crippen molar-refractivity contribution in [3.05, 3.63) is 29.0 Å². The average molecular weight is 290 g/mol. The fraction of sp³-hybridized carbons (Fsp3) is 0.500. The van der Waals surface area contributed by atoms with Crippen LogP contribution < -0.4 is 11.1 Å². The van der Waals surface area contributed by atoms with E-state index < -0.39 is 0 Å². The van der Waals surface area contributed by atoms with Gasteiger partial charge in [0.2, 0.25) is 0 Å². The molecule has 100 valence electrons. The highest BCUT2D eigenvalue weighted by Crippen LogP contribution is 2.18. The average Bonchev–Trinajstić information content (AvgIpc) is 2.32. The lowest BCUT2D eigenvalue weighted by molar-refractivity contribution is 0.0925. The van der Waals surface area contributed by atoms with Crippen LogP contribution in [0.25, 0.3) is 0 Å². The van der Waals surface area contributed by atoms with Crippen LogP contribution in [0.2, 0.25) is 5.15 Å². The van der Waals surface area contributed by atoms with Crippen molar-refractivity contribution in [1.29, 1.82) is 0 Å². The fourth-order valence-corrected chi connectivity index (χ4v) is 2.29. The van der Waals surface area contributed by atoms with Gasteiger partial charge in [-0.1, -0.05) is 11.6 Å². The maximum atomic E-state index is 11.9. The maximum Gasteiger partial charge on any atom is 0.254 e. The number of carbonyl (C=O) groups is 1. The van der Waals surface area contributed by atoms with Gasteiger partial charge in [-0.2, -0.15) is 0 Å². The monoisotopic (exact) mass is 289 g/mol. The molecule has 1 saturated carbocycles. The van der Waals surface area contributed by atoms with Crippen LogP contribution in [0.3, 0.4) is 0 Å². The van der Waals surface area contributed by atoms with Crippen LogP contribution in [0.4, 0.5) is 0 Å². The van der Waals surface area contributed by atoms with Crippen molar-refractivity contribution >= 4 is 29.9 Å². The van der Waals surface area contributed by atoms with E-state index in [1.54, 1.807) is 18.3 Å². The Kier molecular flexibility index (Phi) is 5.85. The Bertz CT molecular complexity index is 406. The summed E-state index contributed by atoms with van der Waals surface area (Å²) in [4.78, 5) is 15.8. The number of nitrogens with zero attached hydrogens (tertiary/aromatic N) is 1. The van der Waals surface area contributed by atoms with Gasteiger partial charge >= 0.3 is 0 Å². The molecule has 0 atom stereocenters. The molecule has 0 aromatic carbocycles. The number of aromatic nitrogens is 1. The molecule has 0 aliphatic heterocycles. The molecule has 1 aliphatic rings. The second-order valence-corrected chi connectivity index (χ2v) is 4.78. The lowest BCUT2D eigenvalue weighted by Gasteiger charge is -2.26. The van der Waals surface area contributed by atoms with E-state index in [0.717, 1.165) is 25.7 Å². The summed E-state index contributed by atoms with van der Waals surface area (Å²) in [5.74, 6) is -0.149. The smallest absolute Gasteiger partial charge is 0.254 e. The summed E-state index contributed by atoms with van der Waals surface area (Å²) in [5, 5.41) is 3.23. The molecule has 1 fully saturated rings. The molecular formula is C12H17Cl2N3O. The van der Waals surface area contributed by atoms with Gasteiger partial charge in [-0.15, -0.1) is 12.4 Å². The van der Waals surface area contributed by atoms with Gasteiger partial charge in [-0.05, 0) is 37.8 Å². The molecule has 1 aromatic heterocycles. The van der Waals surface area contributed by atoms with Crippen LogP contribution in [0, 0.1) is 0 Å². The number of halogens is 2. The van der Waals surface area contributed by atoms with Crippen LogP contribution >= 0.6 is 24.0 Å². The first-order valence-corrected chi connectivity index (χ1v) is 6.21. The molecule has 0 saturated heterocycles. The van der Waals surface area contributed by atoms with Gasteiger partial charge in [0.05, 0.1) is 5.56 Å². The zero-order chi connectivity index (χ0) is 12.3. The molecule has 6 heteroatoms. The van der Waals surface area contributed by atoms with Crippen LogP contribution in [0.1, 0.15) is 36.0 Å². The molecule has 1 amide bonds. The first kappa shape index (κ1) is 15.2. The lowest BCUT2D eigenvalue weighted by atomic mass is 9.92. The van der Waals surface area contributed by atoms with Gasteiger partial charge in [0.25, 0.3) is 5.91 Å². The number of hydrogen-bond donors (Lipinski definition) is 2. The Hall–Kier alpha value is -0.840. The Morgan fingerprint density at radius 1 is 1.39 bits per heavy atom. The SMILES string of the molecule is Cl.NC1CCC(NC(=O)c2cccnc2Cl)CC1. The van der Waals surface area contributed by atoms with E-state index in [9.17, 15) is 4.79 Å². The first-order valence-electron chi connectivity index (χ1n) is 5.84. The molecule has 1 aromatic rings. The minimum atomic E-state index is -0.149. The van der Waals surface area contributed by atoms with Crippen molar-refractivity contribution in [3.8, 4) is 0 Å². The molecular weight excluding hydrogens is 273 g/mol. The van der Waals surface area contributed by atoms with Crippen molar-refractivity contribution in [3.63, 3.8) is 0 Å². The van der Waals surface area contributed by atoms with Gasteiger partial charge < -0.3 is 11.1 Å². The van der Waals surface area contributed by atoms with Crippen LogP contribution in [-0.4, -0.2) is 23.0 Å². The van der Waals surface area contributed by atoms with E-state index in [-0.39, 0.29) is 35.6 Å². The quantitative estimate of drug-likeness (QED) is 0.820. The van der Waals surface area contributed by atoms with Crippen LogP contribution in [0.5, 0.6) is 0 Å². The first-order chi connectivity index (χ1) is 8.16. The van der Waals surface area contributed by atoms with E-state index in [2.05, 4.69) is 10.3 Å². The second-order valence-electron chi connectivity index (χ2n) is 4.43. The van der Waals surface area contributed by atoms with E-state index in [0.29, 0.717) is 5.56 Å². The van der Waals surface area contributed by atoms with E-state index in [1.807, 2.05) is 0 Å². The van der Waals surface area contributed by atoms with Crippen LogP contribution in [-0.2, 0) is 0 Å². The molecule has 1 heterocycles. The molecule has 2 rings (SSSR count). The topological polar surface area (TPSA) is 68.0 Å². The van der Waals surface area contributed by atoms with E-state index in [4.69, 9.17) is 17.3 Å². The predicted octanol–water partition coefficient (Wildman–Crippen LogP) is 2.16. The minimum Gasteiger partial charge on any atom is -0.349 e. The zero-order valence-corrected chi connectivity index (χ0v) is 11.5. The number of nitrogens with two attached hydrogens (primary N) is 1. The summed E-state index contributed by atoms with van der Waals surface area (Å²) in [6.45, 7) is 0. The van der Waals surface area contributed by atoms with Crippen LogP contribution in [0.15, 0.2) is 18.3 Å². The molecule has 1 aliphatic carbocycles. The summed E-state index contributed by atoms with van der Waals surface area (Å²) in [6.07, 6.45) is 5.37. The standard InChI is InChI=1S/C12H16ClN3O.ClH/c13-11-10(2-1-7-15-11)12(17)16-9-5-3-8(14)4-6-9;/h1-2,7-9H,3-6,14H2,(H,16,17);1H. The van der Waals surface area contributed by atoms with Gasteiger partial charge in [0, 0.05) is 18.3 Å². The summed E-state index contributed by atoms with van der Waals surface area (Å²) in [5.41, 5.74) is 6.25. The molecule has 0 bridgehead atoms. The number of pyridine rings is 1. The second kappa shape index (κ2) is 6.92. The van der Waals surface area contributed by atoms with Gasteiger partial charge in [0.15, 0.2) is 0 Å². The van der Waals surface area contributed by atoms with Crippen molar-refractivity contribution in [2.24, 2.45) is 5.73 Å². The highest BCUT2D eigenvalue weighted by Gasteiger charge is 2.21. The van der Waals surface area contributed by atoms with Gasteiger partial charge in [0.1, 0.15) is 5.15 Å². The zero-order valence-electron chi connectivity index (χ0n) is 9.93. The molecule has 4 nitrogen and oxygen atoms in total. The molecule has 0 radical (unpaired) electrons. The van der Waals surface area contributed by atoms with Crippen molar-refractivity contribution in [2.45, 2.75) is 37.8 Å². The molecule has 3 N–H and O–H groups in total. The van der Waals surface area contributed by atoms with Crippen molar-refractivity contribution < 1.29 is 4.79 Å². The summed E-state index contributed by atoms with van der Waals surface area (Å²) < 4.78 is 0. The highest BCUT2D eigenvalue weighted by atomic mass is 35.5. The van der Waals surface area contributed by atoms with Gasteiger partial charge in [-0.25, -0.2) is 4.98 Å². The normalized spacial score (nSPS) is 23.0. The largest absolute Gasteiger partial charge is 0.349 e. The fourth-order valence-electron chi connectivity index (χ4n) is 2.08. The Morgan fingerprint density at radius 2 is 2.06 bits per heavy atom. The van der Waals surface area contributed by atoms with E-state index >= 15 is 0 Å². The molecule has 18 heavy (non-hydrogen) atoms. The summed E-state index contributed by atoms with van der Waals surface area (Å²) in [7, 11) is 0. The molecule has 0 spiro atoms. The number of carbonyl (C=O) groups excluding carboxylic acids is 1. The van der Waals surface area contributed by atoms with Crippen molar-refractivity contribution in [2.75, 3.05) is 0 Å². The number of hydrogen-bond acceptors (Lipinski definition) is 3. The lowest BCUT2D eigenvalue weighted by Crippen LogP contribution is -2.40. The predicted molar refractivity (Wildman–Crippen MR) is 74.2 cm³/mol. The third-order valence-electron chi connectivity index (χ3n) is 3.11. The summed E-state index contributed by atoms with van der Waals surface area (Å²) in [6, 6.07) is 3.88. The number of rotatable bonds is 2. The van der Waals surface area contributed by atoms with Gasteiger partial charge in [-0.3, -0.25) is 4.79 Å². The Morgan fingerprint density at radius 3 is 2.67 bits per heavy atom. The number of nitrogens with one attached hydrogen (secondary N) is 1. The minimum absolute atomic E-state index is 0. The highest BCUT2D eigenvalue weighted by molar-refractivity contribution is 6.32. The van der Waals surface area contributed by atoms with E-state index in [1.165, 1.54) is 0 Å². The Labute approximate surface area is 118 Å². The summed E-state index contributed by atoms with van der Waals surface area (Å²) >= 11 is 5.87. The third-order valence-corrected chi connectivity index (χ3v) is 3.41. The Balaban J connectivity index is 0.00000162. The maximum absolute atomic E-state index is 11.9. The number of amides is 1. The van der Waals surface area contributed by atoms with Crippen molar-refractivity contribution in [1.82, 2.24) is 10.3 Å².